The molecule has 2 heterocycles. The first-order chi connectivity index (χ1) is 16.2. The van der Waals surface area contributed by atoms with Crippen LogP contribution in [0.5, 0.6) is 0 Å². The van der Waals surface area contributed by atoms with E-state index >= 15 is 0 Å². The molecule has 2 unspecified atom stereocenters. The standard InChI is InChI=1S/C29H34N2O3/c1-17-13-20-14-22-25(32)26(33)23(31(3)4)15-28(22)11-12-29(20,34-28)24-10-9-21(27(17,24)2)19-7-5-18(16-30)6-8-19/h5-9,13-14,17,23-26,32-33H,10-12,15H2,1-4H3/t17?,23-,24?,25+,26+,27+,28+,29+/m0/s1. The molecule has 1 saturated carbocycles. The molecule has 2 aliphatic heterocycles. The highest BCUT2D eigenvalue weighted by atomic mass is 16.5. The molecule has 6 rings (SSSR count). The maximum absolute atomic E-state index is 11.1. The summed E-state index contributed by atoms with van der Waals surface area (Å²) in [6.07, 6.45) is 8.68. The van der Waals surface area contributed by atoms with Gasteiger partial charge in [0.05, 0.1) is 28.9 Å². The third kappa shape index (κ3) is 2.63. The lowest BCUT2D eigenvalue weighted by Crippen LogP contribution is -2.62. The lowest BCUT2D eigenvalue weighted by molar-refractivity contribution is -0.165. The molecule has 1 aromatic carbocycles. The zero-order valence-corrected chi connectivity index (χ0v) is 20.5. The average Bonchev–Trinajstić information content (AvgIpc) is 3.35. The van der Waals surface area contributed by atoms with Crippen molar-refractivity contribution >= 4 is 5.57 Å². The molecule has 1 saturated heterocycles. The fourth-order valence-electron chi connectivity index (χ4n) is 7.98. The predicted molar refractivity (Wildman–Crippen MR) is 131 cm³/mol. The first kappa shape index (κ1) is 22.2. The van der Waals surface area contributed by atoms with Crippen LogP contribution < -0.4 is 0 Å². The van der Waals surface area contributed by atoms with Crippen LogP contribution in [0, 0.1) is 28.6 Å². The van der Waals surface area contributed by atoms with E-state index in [0.29, 0.717) is 17.9 Å². The number of rotatable bonds is 2. The second kappa shape index (κ2) is 7.15. The van der Waals surface area contributed by atoms with Crippen LogP contribution in [-0.4, -0.2) is 58.7 Å². The first-order valence-electron chi connectivity index (χ1n) is 12.5. The molecule has 5 heteroatoms. The van der Waals surface area contributed by atoms with Crippen LogP contribution in [0.25, 0.3) is 5.57 Å². The highest BCUT2D eigenvalue weighted by Gasteiger charge is 2.68. The van der Waals surface area contributed by atoms with Gasteiger partial charge >= 0.3 is 0 Å². The number of aliphatic hydroxyl groups excluding tert-OH is 2. The highest BCUT2D eigenvalue weighted by Crippen LogP contribution is 2.68. The SMILES string of the molecule is CC1C=C2C=C3[C@@H](O)[C@H](O)[C@@H](N(C)C)C[C@]34CC[C@]2(O4)C2CC=C(c3ccc(C#N)cc3)[C@@]12C. The van der Waals surface area contributed by atoms with Gasteiger partial charge < -0.3 is 19.8 Å². The zero-order valence-electron chi connectivity index (χ0n) is 20.5. The monoisotopic (exact) mass is 458 g/mol. The summed E-state index contributed by atoms with van der Waals surface area (Å²) in [5.41, 5.74) is 4.32. The van der Waals surface area contributed by atoms with Crippen molar-refractivity contribution in [2.75, 3.05) is 14.1 Å². The molecule has 2 spiro atoms. The van der Waals surface area contributed by atoms with E-state index in [9.17, 15) is 15.5 Å². The van der Waals surface area contributed by atoms with Crippen molar-refractivity contribution in [1.82, 2.24) is 4.90 Å². The van der Waals surface area contributed by atoms with E-state index in [4.69, 9.17) is 4.74 Å². The molecule has 3 aliphatic carbocycles. The van der Waals surface area contributed by atoms with Crippen molar-refractivity contribution in [2.24, 2.45) is 17.3 Å². The maximum Gasteiger partial charge on any atom is 0.105 e. The Morgan fingerprint density at radius 3 is 2.56 bits per heavy atom. The number of fused-ring (bicyclic) bond motifs is 1. The Hall–Kier alpha value is -2.23. The van der Waals surface area contributed by atoms with E-state index in [2.05, 4.69) is 50.3 Å². The average molecular weight is 459 g/mol. The van der Waals surface area contributed by atoms with Gasteiger partial charge in [0.15, 0.2) is 0 Å². The topological polar surface area (TPSA) is 76.7 Å². The molecule has 0 amide bonds. The molecule has 2 bridgehead atoms. The Kier molecular flexibility index (Phi) is 4.68. The van der Waals surface area contributed by atoms with Gasteiger partial charge in [-0.15, -0.1) is 0 Å². The minimum Gasteiger partial charge on any atom is -0.388 e. The molecule has 34 heavy (non-hydrogen) atoms. The second-order valence-corrected chi connectivity index (χ2v) is 11.5. The summed E-state index contributed by atoms with van der Waals surface area (Å²) in [7, 11) is 3.93. The van der Waals surface area contributed by atoms with Crippen molar-refractivity contribution in [2.45, 2.75) is 69.0 Å². The van der Waals surface area contributed by atoms with Gasteiger partial charge in [0.25, 0.3) is 0 Å². The summed E-state index contributed by atoms with van der Waals surface area (Å²) < 4.78 is 7.22. The number of nitrogens with zero attached hydrogens (tertiary/aromatic N) is 2. The first-order valence-corrected chi connectivity index (χ1v) is 12.5. The Bertz CT molecular complexity index is 1170. The predicted octanol–water partition coefficient (Wildman–Crippen LogP) is 3.83. The van der Waals surface area contributed by atoms with Gasteiger partial charge in [-0.05, 0) is 80.1 Å². The van der Waals surface area contributed by atoms with Crippen LogP contribution in [0.1, 0.15) is 50.7 Å². The lowest BCUT2D eigenvalue weighted by Gasteiger charge is -2.57. The molecule has 5 nitrogen and oxygen atoms in total. The largest absolute Gasteiger partial charge is 0.388 e. The van der Waals surface area contributed by atoms with Crippen molar-refractivity contribution < 1.29 is 14.9 Å². The maximum atomic E-state index is 11.1. The number of allylic oxidation sites excluding steroid dienone is 3. The fraction of sp³-hybridized carbons (Fsp3) is 0.552. The van der Waals surface area contributed by atoms with Crippen LogP contribution in [0.3, 0.4) is 0 Å². The molecule has 8 atom stereocenters. The third-order valence-corrected chi connectivity index (χ3v) is 9.97. The number of aliphatic hydroxyl groups is 2. The minimum atomic E-state index is -0.905. The molecule has 178 valence electrons. The van der Waals surface area contributed by atoms with Crippen molar-refractivity contribution in [1.29, 1.82) is 5.26 Å². The Labute approximate surface area is 202 Å². The van der Waals surface area contributed by atoms with E-state index in [0.717, 1.165) is 24.8 Å². The quantitative estimate of drug-likeness (QED) is 0.705. The van der Waals surface area contributed by atoms with Crippen LogP contribution in [-0.2, 0) is 4.74 Å². The number of ether oxygens (including phenoxy) is 1. The van der Waals surface area contributed by atoms with Gasteiger partial charge in [-0.3, -0.25) is 0 Å². The van der Waals surface area contributed by atoms with Crippen LogP contribution in [0.4, 0.5) is 0 Å². The summed E-state index contributed by atoms with van der Waals surface area (Å²) >= 11 is 0. The van der Waals surface area contributed by atoms with E-state index in [-0.39, 0.29) is 23.0 Å². The molecule has 2 fully saturated rings. The zero-order chi connectivity index (χ0) is 24.0. The summed E-state index contributed by atoms with van der Waals surface area (Å²) in [6.45, 7) is 4.68. The molecule has 5 aliphatic rings. The van der Waals surface area contributed by atoms with Gasteiger partial charge in [-0.2, -0.15) is 5.26 Å². The van der Waals surface area contributed by atoms with Crippen LogP contribution in [0.15, 0.2) is 53.6 Å². The Balaban J connectivity index is 1.44. The summed E-state index contributed by atoms with van der Waals surface area (Å²) in [4.78, 5) is 2.02. The van der Waals surface area contributed by atoms with Crippen LogP contribution >= 0.6 is 0 Å². The molecular weight excluding hydrogens is 424 g/mol. The van der Waals surface area contributed by atoms with E-state index in [1.54, 1.807) is 0 Å². The molecule has 0 radical (unpaired) electrons. The highest BCUT2D eigenvalue weighted by molar-refractivity contribution is 5.75. The fourth-order valence-corrected chi connectivity index (χ4v) is 7.98. The lowest BCUT2D eigenvalue weighted by atomic mass is 9.54. The van der Waals surface area contributed by atoms with E-state index in [1.165, 1.54) is 16.7 Å². The summed E-state index contributed by atoms with van der Waals surface area (Å²) in [5, 5.41) is 31.2. The van der Waals surface area contributed by atoms with Gasteiger partial charge in [0, 0.05) is 17.4 Å². The third-order valence-electron chi connectivity index (χ3n) is 9.97. The minimum absolute atomic E-state index is 0.0811. The molecular formula is C29H34N2O3. The number of hydrogen-bond acceptors (Lipinski definition) is 5. The van der Waals surface area contributed by atoms with Crippen LogP contribution in [0.2, 0.25) is 0 Å². The van der Waals surface area contributed by atoms with Gasteiger partial charge in [0.1, 0.15) is 6.10 Å². The van der Waals surface area contributed by atoms with E-state index < -0.39 is 17.8 Å². The normalized spacial score (nSPS) is 44.4. The Morgan fingerprint density at radius 1 is 1.15 bits per heavy atom. The Morgan fingerprint density at radius 2 is 1.88 bits per heavy atom. The summed E-state index contributed by atoms with van der Waals surface area (Å²) in [6, 6.07) is 10.1. The molecule has 0 aromatic heterocycles. The number of nitriles is 1. The van der Waals surface area contributed by atoms with Gasteiger partial charge in [-0.25, -0.2) is 0 Å². The van der Waals surface area contributed by atoms with E-state index in [1.807, 2.05) is 31.1 Å². The number of benzene rings is 1. The summed E-state index contributed by atoms with van der Waals surface area (Å²) in [5.74, 6) is 0.593. The van der Waals surface area contributed by atoms with Gasteiger partial charge in [-0.1, -0.05) is 44.2 Å². The second-order valence-electron chi connectivity index (χ2n) is 11.5. The molecule has 1 aromatic rings. The van der Waals surface area contributed by atoms with Crippen molar-refractivity contribution in [3.8, 4) is 6.07 Å². The molecule has 2 N–H and O–H groups in total. The van der Waals surface area contributed by atoms with Crippen molar-refractivity contribution in [3.05, 3.63) is 64.8 Å². The number of hydrogen-bond donors (Lipinski definition) is 2. The van der Waals surface area contributed by atoms with Crippen molar-refractivity contribution in [3.63, 3.8) is 0 Å². The smallest absolute Gasteiger partial charge is 0.105 e. The van der Waals surface area contributed by atoms with Gasteiger partial charge in [0.2, 0.25) is 0 Å². The number of likely N-dealkylation sites (N-methyl/N-ethyl adjacent to an activating group) is 1.